The van der Waals surface area contributed by atoms with Crippen molar-refractivity contribution in [1.29, 1.82) is 0 Å². The van der Waals surface area contributed by atoms with Crippen molar-refractivity contribution in [2.75, 3.05) is 6.54 Å². The lowest BCUT2D eigenvalue weighted by Crippen LogP contribution is -2.43. The molecule has 0 aromatic carbocycles. The first kappa shape index (κ1) is 14.2. The van der Waals surface area contributed by atoms with Crippen LogP contribution in [0.5, 0.6) is 0 Å². The molecule has 3 N–H and O–H groups in total. The Morgan fingerprint density at radius 2 is 2.00 bits per heavy atom. The van der Waals surface area contributed by atoms with Crippen molar-refractivity contribution < 1.29 is 14.7 Å². The SMILES string of the molecule is CC(C)C1(CNC(=O)NC2CCC(C(=O)O)C2)CC1. The predicted molar refractivity (Wildman–Crippen MR) is 71.8 cm³/mol. The summed E-state index contributed by atoms with van der Waals surface area (Å²) in [6.45, 7) is 5.12. The van der Waals surface area contributed by atoms with Gasteiger partial charge in [0.05, 0.1) is 5.92 Å². The largest absolute Gasteiger partial charge is 0.481 e. The fourth-order valence-corrected chi connectivity index (χ4v) is 2.95. The van der Waals surface area contributed by atoms with Gasteiger partial charge in [-0.3, -0.25) is 4.79 Å². The third-order valence-corrected chi connectivity index (χ3v) is 4.84. The second-order valence-electron chi connectivity index (χ2n) is 6.39. The van der Waals surface area contributed by atoms with Gasteiger partial charge < -0.3 is 15.7 Å². The number of amides is 2. The van der Waals surface area contributed by atoms with E-state index >= 15 is 0 Å². The second-order valence-corrected chi connectivity index (χ2v) is 6.39. The van der Waals surface area contributed by atoms with Crippen LogP contribution in [0.2, 0.25) is 0 Å². The lowest BCUT2D eigenvalue weighted by Gasteiger charge is -2.21. The van der Waals surface area contributed by atoms with Gasteiger partial charge in [0.1, 0.15) is 0 Å². The summed E-state index contributed by atoms with van der Waals surface area (Å²) in [5.74, 6) is -0.451. The summed E-state index contributed by atoms with van der Waals surface area (Å²) in [6, 6.07) is -0.140. The summed E-state index contributed by atoms with van der Waals surface area (Å²) in [6.07, 6.45) is 4.36. The maximum atomic E-state index is 11.8. The van der Waals surface area contributed by atoms with Gasteiger partial charge in [0.15, 0.2) is 0 Å². The zero-order valence-electron chi connectivity index (χ0n) is 11.7. The number of carboxylic acid groups (broad SMARTS) is 1. The van der Waals surface area contributed by atoms with E-state index in [0.29, 0.717) is 24.2 Å². The van der Waals surface area contributed by atoms with Crippen LogP contribution in [0.1, 0.15) is 46.0 Å². The molecule has 2 aliphatic rings. The van der Waals surface area contributed by atoms with E-state index in [1.165, 1.54) is 12.8 Å². The monoisotopic (exact) mass is 268 g/mol. The lowest BCUT2D eigenvalue weighted by atomic mass is 9.92. The minimum Gasteiger partial charge on any atom is -0.481 e. The topological polar surface area (TPSA) is 78.4 Å². The molecular weight excluding hydrogens is 244 g/mol. The average molecular weight is 268 g/mol. The predicted octanol–water partition coefficient (Wildman–Crippen LogP) is 1.98. The van der Waals surface area contributed by atoms with Crippen LogP contribution in [0.25, 0.3) is 0 Å². The number of rotatable bonds is 5. The summed E-state index contributed by atoms with van der Waals surface area (Å²) in [4.78, 5) is 22.6. The van der Waals surface area contributed by atoms with E-state index < -0.39 is 5.97 Å². The molecule has 0 heterocycles. The normalized spacial score (nSPS) is 28.2. The molecule has 2 unspecified atom stereocenters. The van der Waals surface area contributed by atoms with Gasteiger partial charge in [-0.15, -0.1) is 0 Å². The van der Waals surface area contributed by atoms with Crippen molar-refractivity contribution in [2.24, 2.45) is 17.3 Å². The number of hydrogen-bond acceptors (Lipinski definition) is 2. The Kier molecular flexibility index (Phi) is 4.02. The molecule has 2 fully saturated rings. The Balaban J connectivity index is 1.69. The zero-order chi connectivity index (χ0) is 14.0. The first-order valence-electron chi connectivity index (χ1n) is 7.20. The fourth-order valence-electron chi connectivity index (χ4n) is 2.95. The number of carboxylic acids is 1. The Bertz CT molecular complexity index is 364. The zero-order valence-corrected chi connectivity index (χ0v) is 11.7. The Hall–Kier alpha value is -1.26. The van der Waals surface area contributed by atoms with E-state index in [1.807, 2.05) is 0 Å². The molecule has 0 aliphatic heterocycles. The quantitative estimate of drug-likeness (QED) is 0.713. The van der Waals surface area contributed by atoms with Gasteiger partial charge in [0.25, 0.3) is 0 Å². The van der Waals surface area contributed by atoms with Crippen LogP contribution in [0.15, 0.2) is 0 Å². The van der Waals surface area contributed by atoms with Gasteiger partial charge >= 0.3 is 12.0 Å². The van der Waals surface area contributed by atoms with E-state index in [1.54, 1.807) is 0 Å². The number of hydrogen-bond donors (Lipinski definition) is 3. The van der Waals surface area contributed by atoms with Gasteiger partial charge in [-0.05, 0) is 43.4 Å². The van der Waals surface area contributed by atoms with Crippen molar-refractivity contribution in [3.05, 3.63) is 0 Å². The van der Waals surface area contributed by atoms with E-state index in [2.05, 4.69) is 24.5 Å². The number of carbonyl (C=O) groups excluding carboxylic acids is 1. The molecule has 108 valence electrons. The van der Waals surface area contributed by atoms with Crippen LogP contribution in [0, 0.1) is 17.3 Å². The second kappa shape index (κ2) is 5.39. The highest BCUT2D eigenvalue weighted by Crippen LogP contribution is 2.51. The van der Waals surface area contributed by atoms with Gasteiger partial charge in [-0.25, -0.2) is 4.79 Å². The van der Waals surface area contributed by atoms with Crippen LogP contribution in [0.3, 0.4) is 0 Å². The molecule has 5 heteroatoms. The Morgan fingerprint density at radius 1 is 1.32 bits per heavy atom. The average Bonchev–Trinajstić information content (AvgIpc) is 3.00. The maximum Gasteiger partial charge on any atom is 0.315 e. The highest BCUT2D eigenvalue weighted by Gasteiger charge is 2.45. The maximum absolute atomic E-state index is 11.8. The van der Waals surface area contributed by atoms with Gasteiger partial charge in [-0.1, -0.05) is 13.8 Å². The first-order valence-corrected chi connectivity index (χ1v) is 7.20. The molecule has 2 rings (SSSR count). The number of carbonyl (C=O) groups is 2. The molecule has 2 aliphatic carbocycles. The molecule has 0 aromatic rings. The summed E-state index contributed by atoms with van der Waals surface area (Å²) in [5.41, 5.74) is 0.302. The van der Waals surface area contributed by atoms with Gasteiger partial charge in [0.2, 0.25) is 0 Å². The summed E-state index contributed by atoms with van der Waals surface area (Å²) in [5, 5.41) is 14.7. The summed E-state index contributed by atoms with van der Waals surface area (Å²) in [7, 11) is 0. The van der Waals surface area contributed by atoms with Crippen LogP contribution < -0.4 is 10.6 Å². The van der Waals surface area contributed by atoms with E-state index in [0.717, 1.165) is 13.0 Å². The van der Waals surface area contributed by atoms with Crippen molar-refractivity contribution in [1.82, 2.24) is 10.6 Å². The first-order chi connectivity index (χ1) is 8.93. The molecule has 0 saturated heterocycles. The van der Waals surface area contributed by atoms with E-state index in [4.69, 9.17) is 5.11 Å². The molecule has 2 atom stereocenters. The highest BCUT2D eigenvalue weighted by molar-refractivity contribution is 5.75. The molecule has 2 amide bonds. The van der Waals surface area contributed by atoms with Crippen LogP contribution in [-0.2, 0) is 4.79 Å². The minimum absolute atomic E-state index is 0.00954. The Labute approximate surface area is 114 Å². The number of urea groups is 1. The third kappa shape index (κ3) is 3.39. The third-order valence-electron chi connectivity index (χ3n) is 4.84. The highest BCUT2D eigenvalue weighted by atomic mass is 16.4. The minimum atomic E-state index is -0.749. The summed E-state index contributed by atoms with van der Waals surface area (Å²) >= 11 is 0. The number of nitrogens with one attached hydrogen (secondary N) is 2. The molecule has 5 nitrogen and oxygen atoms in total. The van der Waals surface area contributed by atoms with E-state index in [-0.39, 0.29) is 18.0 Å². The fraction of sp³-hybridized carbons (Fsp3) is 0.857. The Morgan fingerprint density at radius 3 is 2.47 bits per heavy atom. The van der Waals surface area contributed by atoms with Crippen molar-refractivity contribution in [2.45, 2.75) is 52.0 Å². The lowest BCUT2D eigenvalue weighted by molar-refractivity contribution is -0.141. The van der Waals surface area contributed by atoms with Crippen molar-refractivity contribution in [3.63, 3.8) is 0 Å². The van der Waals surface area contributed by atoms with Gasteiger partial charge in [-0.2, -0.15) is 0 Å². The van der Waals surface area contributed by atoms with Crippen molar-refractivity contribution in [3.8, 4) is 0 Å². The molecule has 0 spiro atoms. The smallest absolute Gasteiger partial charge is 0.315 e. The van der Waals surface area contributed by atoms with Gasteiger partial charge in [0, 0.05) is 12.6 Å². The standard InChI is InChI=1S/C14H24N2O3/c1-9(2)14(5-6-14)8-15-13(19)16-11-4-3-10(7-11)12(17)18/h9-11H,3-8H2,1-2H3,(H,17,18)(H2,15,16,19). The molecule has 0 bridgehead atoms. The van der Waals surface area contributed by atoms with Crippen LogP contribution in [0.4, 0.5) is 4.79 Å². The molecule has 2 saturated carbocycles. The van der Waals surface area contributed by atoms with Crippen LogP contribution >= 0.6 is 0 Å². The van der Waals surface area contributed by atoms with Crippen LogP contribution in [-0.4, -0.2) is 29.7 Å². The van der Waals surface area contributed by atoms with Crippen molar-refractivity contribution >= 4 is 12.0 Å². The summed E-state index contributed by atoms with van der Waals surface area (Å²) < 4.78 is 0. The molecule has 0 aromatic heterocycles. The van der Waals surface area contributed by atoms with E-state index in [9.17, 15) is 9.59 Å². The molecule has 19 heavy (non-hydrogen) atoms. The molecule has 0 radical (unpaired) electrons. The number of aliphatic carboxylic acids is 1. The molecular formula is C14H24N2O3.